The van der Waals surface area contributed by atoms with E-state index in [9.17, 15) is 13.2 Å². The zero-order valence-corrected chi connectivity index (χ0v) is 10.7. The topological polar surface area (TPSA) is 26.0 Å². The largest absolute Gasteiger partial charge is 0.416 e. The van der Waals surface area contributed by atoms with E-state index < -0.39 is 11.7 Å². The number of halogens is 3. The number of nitrogen functional groups attached to an aromatic ring is 1. The number of benzene rings is 2. The molecule has 2 rings (SSSR count). The van der Waals surface area contributed by atoms with E-state index in [4.69, 9.17) is 5.73 Å². The van der Waals surface area contributed by atoms with E-state index in [-0.39, 0.29) is 0 Å². The van der Waals surface area contributed by atoms with Gasteiger partial charge in [0.05, 0.1) is 5.56 Å². The normalized spacial score (nSPS) is 11.6. The smallest absolute Gasteiger partial charge is 0.398 e. The van der Waals surface area contributed by atoms with E-state index >= 15 is 0 Å². The molecule has 0 aromatic heterocycles. The van der Waals surface area contributed by atoms with Gasteiger partial charge in [-0.25, -0.2) is 0 Å². The predicted octanol–water partition coefficient (Wildman–Crippen LogP) is 4.57. The Labute approximate surface area is 109 Å². The second-order valence-corrected chi connectivity index (χ2v) is 4.60. The second kappa shape index (κ2) is 4.61. The maximum Gasteiger partial charge on any atom is 0.416 e. The van der Waals surface area contributed by atoms with Crippen molar-refractivity contribution >= 4 is 5.69 Å². The second-order valence-electron chi connectivity index (χ2n) is 4.60. The Kier molecular flexibility index (Phi) is 3.27. The highest BCUT2D eigenvalue weighted by atomic mass is 19.4. The van der Waals surface area contributed by atoms with Crippen LogP contribution in [0.5, 0.6) is 0 Å². The minimum Gasteiger partial charge on any atom is -0.398 e. The van der Waals surface area contributed by atoms with Crippen molar-refractivity contribution in [3.63, 3.8) is 0 Å². The molecule has 100 valence electrons. The van der Waals surface area contributed by atoms with E-state index in [1.165, 1.54) is 6.07 Å². The number of hydrogen-bond acceptors (Lipinski definition) is 1. The van der Waals surface area contributed by atoms with E-state index in [2.05, 4.69) is 0 Å². The van der Waals surface area contributed by atoms with Crippen LogP contribution in [0.1, 0.15) is 16.7 Å². The molecule has 4 heteroatoms. The first kappa shape index (κ1) is 13.5. The Morgan fingerprint density at radius 3 is 2.21 bits per heavy atom. The zero-order chi connectivity index (χ0) is 14.2. The fourth-order valence-corrected chi connectivity index (χ4v) is 1.95. The fourth-order valence-electron chi connectivity index (χ4n) is 1.95. The van der Waals surface area contributed by atoms with Crippen LogP contribution in [0.2, 0.25) is 0 Å². The quantitative estimate of drug-likeness (QED) is 0.751. The van der Waals surface area contributed by atoms with Gasteiger partial charge in [0.25, 0.3) is 0 Å². The molecule has 0 atom stereocenters. The number of hydrogen-bond donors (Lipinski definition) is 1. The molecular weight excluding hydrogens is 251 g/mol. The van der Waals surface area contributed by atoms with Crippen molar-refractivity contribution in [3.8, 4) is 11.1 Å². The molecule has 0 aliphatic heterocycles. The standard InChI is InChI=1S/C15H14F3N/c1-9-6-13(14(19)7-10(9)2)11-4-3-5-12(8-11)15(16,17)18/h3-8H,19H2,1-2H3. The average molecular weight is 265 g/mol. The Bertz CT molecular complexity index is 615. The van der Waals surface area contributed by atoms with Crippen molar-refractivity contribution in [1.82, 2.24) is 0 Å². The highest BCUT2D eigenvalue weighted by Crippen LogP contribution is 2.34. The molecule has 1 nitrogen and oxygen atoms in total. The summed E-state index contributed by atoms with van der Waals surface area (Å²) in [4.78, 5) is 0. The highest BCUT2D eigenvalue weighted by molar-refractivity contribution is 5.78. The van der Waals surface area contributed by atoms with Gasteiger partial charge in [0.2, 0.25) is 0 Å². The van der Waals surface area contributed by atoms with Crippen LogP contribution in [-0.2, 0) is 6.18 Å². The van der Waals surface area contributed by atoms with Crippen molar-refractivity contribution in [1.29, 1.82) is 0 Å². The van der Waals surface area contributed by atoms with Gasteiger partial charge in [-0.15, -0.1) is 0 Å². The molecule has 0 aliphatic carbocycles. The molecule has 0 unspecified atom stereocenters. The number of alkyl halides is 3. The molecule has 2 aromatic rings. The van der Waals surface area contributed by atoms with Gasteiger partial charge in [-0.3, -0.25) is 0 Å². The van der Waals surface area contributed by atoms with Gasteiger partial charge in [-0.05, 0) is 54.8 Å². The summed E-state index contributed by atoms with van der Waals surface area (Å²) >= 11 is 0. The van der Waals surface area contributed by atoms with Gasteiger partial charge in [-0.1, -0.05) is 12.1 Å². The van der Waals surface area contributed by atoms with Crippen LogP contribution in [0.3, 0.4) is 0 Å². The Morgan fingerprint density at radius 1 is 0.947 bits per heavy atom. The van der Waals surface area contributed by atoms with Crippen molar-refractivity contribution in [2.75, 3.05) is 5.73 Å². The van der Waals surface area contributed by atoms with Crippen LogP contribution in [0.4, 0.5) is 18.9 Å². The number of nitrogens with two attached hydrogens (primary N) is 1. The molecular formula is C15H14F3N. The highest BCUT2D eigenvalue weighted by Gasteiger charge is 2.30. The van der Waals surface area contributed by atoms with Crippen molar-refractivity contribution in [2.24, 2.45) is 0 Å². The molecule has 0 saturated heterocycles. The third-order valence-electron chi connectivity index (χ3n) is 3.17. The summed E-state index contributed by atoms with van der Waals surface area (Å²) in [5.74, 6) is 0. The third kappa shape index (κ3) is 2.72. The lowest BCUT2D eigenvalue weighted by atomic mass is 9.97. The van der Waals surface area contributed by atoms with E-state index in [1.807, 2.05) is 19.9 Å². The molecule has 0 radical (unpaired) electrons. The molecule has 0 spiro atoms. The van der Waals surface area contributed by atoms with Gasteiger partial charge < -0.3 is 5.73 Å². The molecule has 19 heavy (non-hydrogen) atoms. The van der Waals surface area contributed by atoms with Crippen LogP contribution in [0.15, 0.2) is 36.4 Å². The first-order valence-corrected chi connectivity index (χ1v) is 5.83. The molecule has 0 fully saturated rings. The summed E-state index contributed by atoms with van der Waals surface area (Å²) < 4.78 is 38.1. The zero-order valence-electron chi connectivity index (χ0n) is 10.7. The summed E-state index contributed by atoms with van der Waals surface area (Å²) in [6, 6.07) is 8.81. The van der Waals surface area contributed by atoms with Crippen LogP contribution in [0, 0.1) is 13.8 Å². The lowest BCUT2D eigenvalue weighted by Gasteiger charge is -2.12. The van der Waals surface area contributed by atoms with E-state index in [0.29, 0.717) is 16.8 Å². The van der Waals surface area contributed by atoms with Gasteiger partial charge >= 0.3 is 6.18 Å². The minimum absolute atomic E-state index is 0.482. The molecule has 0 heterocycles. The van der Waals surface area contributed by atoms with Crippen LogP contribution >= 0.6 is 0 Å². The molecule has 0 bridgehead atoms. The Morgan fingerprint density at radius 2 is 1.58 bits per heavy atom. The Hall–Kier alpha value is -1.97. The number of anilines is 1. The summed E-state index contributed by atoms with van der Waals surface area (Å²) in [6.45, 7) is 3.83. The van der Waals surface area contributed by atoms with Gasteiger partial charge in [0.15, 0.2) is 0 Å². The van der Waals surface area contributed by atoms with Crippen LogP contribution in [0.25, 0.3) is 11.1 Å². The molecule has 0 aliphatic rings. The lowest BCUT2D eigenvalue weighted by Crippen LogP contribution is -2.04. The average Bonchev–Trinajstić information content (AvgIpc) is 2.33. The minimum atomic E-state index is -4.34. The monoisotopic (exact) mass is 265 g/mol. The molecule has 2 aromatic carbocycles. The van der Waals surface area contributed by atoms with E-state index in [0.717, 1.165) is 23.3 Å². The summed E-state index contributed by atoms with van der Waals surface area (Å²) in [7, 11) is 0. The molecule has 0 amide bonds. The predicted molar refractivity (Wildman–Crippen MR) is 70.8 cm³/mol. The van der Waals surface area contributed by atoms with Gasteiger partial charge in [0.1, 0.15) is 0 Å². The number of aryl methyl sites for hydroxylation is 2. The summed E-state index contributed by atoms with van der Waals surface area (Å²) in [5.41, 5.74) is 8.86. The molecule has 2 N–H and O–H groups in total. The van der Waals surface area contributed by atoms with Crippen molar-refractivity contribution in [2.45, 2.75) is 20.0 Å². The van der Waals surface area contributed by atoms with Crippen LogP contribution in [-0.4, -0.2) is 0 Å². The van der Waals surface area contributed by atoms with Crippen molar-refractivity contribution in [3.05, 3.63) is 53.1 Å². The van der Waals surface area contributed by atoms with Crippen molar-refractivity contribution < 1.29 is 13.2 Å². The van der Waals surface area contributed by atoms with E-state index in [1.54, 1.807) is 12.1 Å². The van der Waals surface area contributed by atoms with Gasteiger partial charge in [-0.2, -0.15) is 13.2 Å². The molecule has 0 saturated carbocycles. The SMILES string of the molecule is Cc1cc(N)c(-c2cccc(C(F)(F)F)c2)cc1C. The first-order chi connectivity index (χ1) is 8.79. The van der Waals surface area contributed by atoms with Gasteiger partial charge in [0, 0.05) is 11.3 Å². The summed E-state index contributed by atoms with van der Waals surface area (Å²) in [5, 5.41) is 0. The first-order valence-electron chi connectivity index (χ1n) is 5.83. The Balaban J connectivity index is 2.57. The lowest BCUT2D eigenvalue weighted by molar-refractivity contribution is -0.137. The fraction of sp³-hybridized carbons (Fsp3) is 0.200. The summed E-state index contributed by atoms with van der Waals surface area (Å²) in [6.07, 6.45) is -4.34. The maximum absolute atomic E-state index is 12.7. The number of rotatable bonds is 1. The van der Waals surface area contributed by atoms with Crippen LogP contribution < -0.4 is 5.73 Å². The maximum atomic E-state index is 12.7. The third-order valence-corrected chi connectivity index (χ3v) is 3.17.